The number of para-hydroxylation sites is 1. The molecule has 3 nitrogen and oxygen atoms in total. The first-order chi connectivity index (χ1) is 7.27. The summed E-state index contributed by atoms with van der Waals surface area (Å²) >= 11 is 1.58. The number of nitrogens with zero attached hydrogens (tertiary/aromatic N) is 1. The van der Waals surface area contributed by atoms with Gasteiger partial charge in [-0.2, -0.15) is 0 Å². The molecule has 1 aliphatic rings. The molecule has 0 aliphatic carbocycles. The maximum Gasteiger partial charge on any atom is 0.0673 e. The molecule has 78 valence electrons. The lowest BCUT2D eigenvalue weighted by Crippen LogP contribution is -2.22. The van der Waals surface area contributed by atoms with Gasteiger partial charge in [0.15, 0.2) is 0 Å². The van der Waals surface area contributed by atoms with Crippen LogP contribution in [0.1, 0.15) is 17.2 Å². The van der Waals surface area contributed by atoms with Gasteiger partial charge in [0.2, 0.25) is 0 Å². The van der Waals surface area contributed by atoms with Crippen LogP contribution in [0.3, 0.4) is 0 Å². The van der Waals surface area contributed by atoms with E-state index in [0.717, 1.165) is 5.69 Å². The summed E-state index contributed by atoms with van der Waals surface area (Å²) in [6.45, 7) is 0. The molecule has 1 aliphatic heterocycles. The molecule has 1 heterocycles. The Kier molecular flexibility index (Phi) is 3.06. The number of aliphatic imine (C=N–C) groups is 1. The van der Waals surface area contributed by atoms with Crippen molar-refractivity contribution in [3.8, 4) is 0 Å². The van der Waals surface area contributed by atoms with Crippen LogP contribution in [-0.4, -0.2) is 17.9 Å². The van der Waals surface area contributed by atoms with E-state index in [1.165, 1.54) is 5.56 Å². The van der Waals surface area contributed by atoms with Gasteiger partial charge in [-0.1, -0.05) is 18.2 Å². The van der Waals surface area contributed by atoms with Gasteiger partial charge >= 0.3 is 0 Å². The highest BCUT2D eigenvalue weighted by Gasteiger charge is 2.17. The van der Waals surface area contributed by atoms with Crippen molar-refractivity contribution >= 4 is 29.6 Å². The Morgan fingerprint density at radius 3 is 3.07 bits per heavy atom. The molecule has 0 fully saturated rings. The predicted octanol–water partition coefficient (Wildman–Crippen LogP) is 1.32. The summed E-state index contributed by atoms with van der Waals surface area (Å²) in [6.07, 6.45) is 1.96. The first kappa shape index (κ1) is 10.2. The third kappa shape index (κ3) is 2.39. The molecular weight excluding hydrogens is 210 g/mol. The Labute approximate surface area is 92.2 Å². The Morgan fingerprint density at radius 1 is 1.47 bits per heavy atom. The minimum absolute atomic E-state index is 0.0944. The van der Waals surface area contributed by atoms with E-state index in [1.807, 2.05) is 30.5 Å². The van der Waals surface area contributed by atoms with Crippen molar-refractivity contribution in [2.24, 2.45) is 4.99 Å². The molecule has 0 bridgehead atoms. The van der Waals surface area contributed by atoms with Gasteiger partial charge in [-0.05, 0) is 23.8 Å². The molecule has 0 unspecified atom stereocenters. The van der Waals surface area contributed by atoms with Gasteiger partial charge in [0, 0.05) is 12.2 Å². The minimum Gasteiger partial charge on any atom is -0.550 e. The first-order valence-electron chi connectivity index (χ1n) is 4.72. The van der Waals surface area contributed by atoms with E-state index in [2.05, 4.69) is 4.99 Å². The maximum atomic E-state index is 10.3. The quantitative estimate of drug-likeness (QED) is 0.769. The zero-order valence-electron chi connectivity index (χ0n) is 8.05. The van der Waals surface area contributed by atoms with Crippen LogP contribution in [-0.2, 0) is 4.79 Å². The van der Waals surface area contributed by atoms with Crippen LogP contribution in [0.4, 0.5) is 5.69 Å². The smallest absolute Gasteiger partial charge is 0.0673 e. The number of carbonyl (C=O) groups excluding carboxylic acids is 1. The fourth-order valence-electron chi connectivity index (χ4n) is 1.48. The number of benzene rings is 1. The minimum atomic E-state index is -0.995. The molecule has 2 rings (SSSR count). The average molecular weight is 220 g/mol. The second-order valence-electron chi connectivity index (χ2n) is 3.25. The summed E-state index contributed by atoms with van der Waals surface area (Å²) in [5, 5.41) is 10.5. The number of carboxylic acid groups (broad SMARTS) is 1. The molecule has 0 radical (unpaired) electrons. The zero-order chi connectivity index (χ0) is 10.7. The third-order valence-electron chi connectivity index (χ3n) is 2.20. The molecule has 15 heavy (non-hydrogen) atoms. The fourth-order valence-corrected chi connectivity index (χ4v) is 2.54. The third-order valence-corrected chi connectivity index (χ3v) is 3.37. The number of rotatable bonds is 4. The van der Waals surface area contributed by atoms with Gasteiger partial charge in [0.25, 0.3) is 0 Å². The lowest BCUT2D eigenvalue weighted by atomic mass is 10.1. The van der Waals surface area contributed by atoms with Crippen molar-refractivity contribution in [2.75, 3.05) is 5.75 Å². The van der Waals surface area contributed by atoms with Crippen LogP contribution < -0.4 is 5.11 Å². The fraction of sp³-hybridized carbons (Fsp3) is 0.273. The lowest BCUT2D eigenvalue weighted by molar-refractivity contribution is -0.305. The highest BCUT2D eigenvalue weighted by atomic mass is 32.2. The number of aliphatic carboxylic acids is 1. The van der Waals surface area contributed by atoms with E-state index >= 15 is 0 Å². The Hall–Kier alpha value is -1.29. The van der Waals surface area contributed by atoms with Gasteiger partial charge < -0.3 is 9.90 Å². The molecule has 0 aromatic heterocycles. The summed E-state index contributed by atoms with van der Waals surface area (Å²) < 4.78 is 0. The average Bonchev–Trinajstić information content (AvgIpc) is 2.62. The van der Waals surface area contributed by atoms with E-state index in [1.54, 1.807) is 11.8 Å². The Balaban J connectivity index is 1.96. The topological polar surface area (TPSA) is 52.5 Å². The van der Waals surface area contributed by atoms with E-state index in [9.17, 15) is 9.90 Å². The van der Waals surface area contributed by atoms with Gasteiger partial charge in [-0.25, -0.2) is 0 Å². The van der Waals surface area contributed by atoms with Gasteiger partial charge in [0.05, 0.1) is 10.9 Å². The number of fused-ring (bicyclic) bond motifs is 1. The lowest BCUT2D eigenvalue weighted by Gasteiger charge is -2.08. The predicted molar refractivity (Wildman–Crippen MR) is 59.4 cm³/mol. The van der Waals surface area contributed by atoms with Crippen molar-refractivity contribution in [3.05, 3.63) is 29.8 Å². The SMILES string of the molecule is O=C([O-])CCS[C@@H]1C=Nc2ccccc21. The second-order valence-corrected chi connectivity index (χ2v) is 4.50. The van der Waals surface area contributed by atoms with Crippen LogP contribution in [0.25, 0.3) is 0 Å². The van der Waals surface area contributed by atoms with Crippen molar-refractivity contribution in [3.63, 3.8) is 0 Å². The van der Waals surface area contributed by atoms with Crippen LogP contribution in [0.2, 0.25) is 0 Å². The Morgan fingerprint density at radius 2 is 2.27 bits per heavy atom. The van der Waals surface area contributed by atoms with E-state index < -0.39 is 5.97 Å². The molecule has 0 N–H and O–H groups in total. The number of thioether (sulfide) groups is 1. The largest absolute Gasteiger partial charge is 0.550 e. The number of carbonyl (C=O) groups is 1. The molecule has 1 aromatic rings. The maximum absolute atomic E-state index is 10.3. The second kappa shape index (κ2) is 4.49. The summed E-state index contributed by atoms with van der Waals surface area (Å²) in [4.78, 5) is 14.5. The van der Waals surface area contributed by atoms with Crippen LogP contribution in [0.5, 0.6) is 0 Å². The highest BCUT2D eigenvalue weighted by molar-refractivity contribution is 8.00. The van der Waals surface area contributed by atoms with Crippen molar-refractivity contribution in [1.82, 2.24) is 0 Å². The normalized spacial score (nSPS) is 17.7. The molecule has 1 atom stereocenters. The van der Waals surface area contributed by atoms with E-state index in [0.29, 0.717) is 5.75 Å². The summed E-state index contributed by atoms with van der Waals surface area (Å²) in [5.41, 5.74) is 2.16. The van der Waals surface area contributed by atoms with Crippen molar-refractivity contribution in [1.29, 1.82) is 0 Å². The number of hydrogen-bond donors (Lipinski definition) is 0. The molecule has 4 heteroatoms. The van der Waals surface area contributed by atoms with Crippen LogP contribution >= 0.6 is 11.8 Å². The first-order valence-corrected chi connectivity index (χ1v) is 5.77. The van der Waals surface area contributed by atoms with Gasteiger partial charge in [-0.15, -0.1) is 11.8 Å². The summed E-state index contributed by atoms with van der Waals surface area (Å²) in [5.74, 6) is -0.432. The highest BCUT2D eigenvalue weighted by Crippen LogP contribution is 2.38. The zero-order valence-corrected chi connectivity index (χ0v) is 8.87. The van der Waals surface area contributed by atoms with Crippen molar-refractivity contribution in [2.45, 2.75) is 11.7 Å². The van der Waals surface area contributed by atoms with E-state index in [4.69, 9.17) is 0 Å². The molecule has 0 saturated heterocycles. The van der Waals surface area contributed by atoms with Gasteiger partial charge in [0.1, 0.15) is 0 Å². The van der Waals surface area contributed by atoms with Gasteiger partial charge in [-0.3, -0.25) is 4.99 Å². The van der Waals surface area contributed by atoms with E-state index in [-0.39, 0.29) is 11.7 Å². The van der Waals surface area contributed by atoms with Crippen molar-refractivity contribution < 1.29 is 9.90 Å². The molecular formula is C11H10NO2S-. The number of hydrogen-bond acceptors (Lipinski definition) is 4. The summed E-state index contributed by atoms with van der Waals surface area (Å²) in [6, 6.07) is 7.91. The molecule has 0 amide bonds. The standard InChI is InChI=1S/C11H11NO2S/c13-11(14)5-6-15-10-7-12-9-4-2-1-3-8(9)10/h1-4,7,10H,5-6H2,(H,13,14)/p-1/t10-/m1/s1. The number of carboxylic acids is 1. The van der Waals surface area contributed by atoms with Crippen LogP contribution in [0.15, 0.2) is 29.3 Å². The summed E-state index contributed by atoms with van der Waals surface area (Å²) in [7, 11) is 0. The Bertz CT molecular complexity index is 403. The molecule has 0 saturated carbocycles. The molecule has 1 aromatic carbocycles. The molecule has 0 spiro atoms. The monoisotopic (exact) mass is 220 g/mol. The van der Waals surface area contributed by atoms with Crippen LogP contribution in [0, 0.1) is 0 Å².